The Bertz CT molecular complexity index is 1180. The zero-order chi connectivity index (χ0) is 24.7. The van der Waals surface area contributed by atoms with Crippen LogP contribution in [0.15, 0.2) is 29.2 Å². The molecule has 1 aromatic heterocycles. The van der Waals surface area contributed by atoms with Gasteiger partial charge in [0.1, 0.15) is 5.56 Å². The first-order chi connectivity index (χ1) is 16.8. The number of carboxylic acids is 1. The van der Waals surface area contributed by atoms with Gasteiger partial charge in [-0.2, -0.15) is 0 Å². The second-order valence-corrected chi connectivity index (χ2v) is 10.5. The lowest BCUT2D eigenvalue weighted by molar-refractivity contribution is 0.0357. The first-order valence-electron chi connectivity index (χ1n) is 12.4. The molecule has 1 N–H and O–H groups in total. The van der Waals surface area contributed by atoms with E-state index in [1.165, 1.54) is 12.3 Å². The summed E-state index contributed by atoms with van der Waals surface area (Å²) in [5, 5.41) is 9.58. The average Bonchev–Trinajstić information content (AvgIpc) is 3.17. The van der Waals surface area contributed by atoms with E-state index in [-0.39, 0.29) is 22.9 Å². The molecule has 188 valence electrons. The van der Waals surface area contributed by atoms with Crippen molar-refractivity contribution in [2.45, 2.75) is 45.1 Å². The first kappa shape index (κ1) is 23.9. The fourth-order valence-corrected chi connectivity index (χ4v) is 6.10. The van der Waals surface area contributed by atoms with Gasteiger partial charge >= 0.3 is 5.97 Å². The number of ether oxygens (including phenoxy) is 3. The lowest BCUT2D eigenvalue weighted by Crippen LogP contribution is -2.37. The zero-order valence-corrected chi connectivity index (χ0v) is 20.7. The lowest BCUT2D eigenvalue weighted by atomic mass is 9.77. The van der Waals surface area contributed by atoms with E-state index >= 15 is 0 Å². The Morgan fingerprint density at radius 2 is 1.97 bits per heavy atom. The molecule has 1 aliphatic carbocycles. The number of hydrogen-bond donors (Lipinski definition) is 1. The Morgan fingerprint density at radius 3 is 2.69 bits per heavy atom. The Labute approximate surface area is 205 Å². The molecule has 8 nitrogen and oxygen atoms in total. The average molecular weight is 483 g/mol. The highest BCUT2D eigenvalue weighted by Crippen LogP contribution is 2.59. The largest absolute Gasteiger partial charge is 0.493 e. The molecule has 8 heteroatoms. The summed E-state index contributed by atoms with van der Waals surface area (Å²) in [6, 6.07) is 5.56. The number of rotatable bonds is 7. The number of carbonyl (C=O) groups is 1. The fourth-order valence-electron chi connectivity index (χ4n) is 6.10. The predicted molar refractivity (Wildman–Crippen MR) is 132 cm³/mol. The van der Waals surface area contributed by atoms with E-state index in [0.29, 0.717) is 12.4 Å². The number of pyridine rings is 1. The maximum atomic E-state index is 12.7. The van der Waals surface area contributed by atoms with Crippen LogP contribution in [0.4, 0.5) is 0 Å². The van der Waals surface area contributed by atoms with Crippen molar-refractivity contribution < 1.29 is 24.1 Å². The summed E-state index contributed by atoms with van der Waals surface area (Å²) in [5.74, 6) is 0.349. The summed E-state index contributed by atoms with van der Waals surface area (Å²) in [6.07, 6.45) is 4.45. The fraction of sp³-hybridized carbons (Fsp3) is 0.556. The van der Waals surface area contributed by atoms with E-state index in [9.17, 15) is 14.7 Å². The molecule has 2 fully saturated rings. The van der Waals surface area contributed by atoms with Crippen LogP contribution in [-0.2, 0) is 4.74 Å². The minimum Gasteiger partial charge on any atom is -0.493 e. The number of aromatic nitrogens is 1. The number of benzene rings is 1. The van der Waals surface area contributed by atoms with Gasteiger partial charge in [-0.15, -0.1) is 0 Å². The van der Waals surface area contributed by atoms with Crippen LogP contribution in [0.1, 0.15) is 61.0 Å². The highest BCUT2D eigenvalue weighted by Gasteiger charge is 2.47. The summed E-state index contributed by atoms with van der Waals surface area (Å²) in [5.41, 5.74) is 2.09. The van der Waals surface area contributed by atoms with Crippen LogP contribution in [-0.4, -0.2) is 67.1 Å². The van der Waals surface area contributed by atoms with E-state index < -0.39 is 11.4 Å². The molecule has 1 saturated carbocycles. The van der Waals surface area contributed by atoms with Crippen LogP contribution in [0.25, 0.3) is 11.3 Å². The SMILES string of the molecule is COc1cc2c(cc1OCCCN1CCOCC1)[C@H]1CCC(C)(C)[C@H]1n1cc(C(=O)O)c(=O)cc1-2. The van der Waals surface area contributed by atoms with Gasteiger partial charge in [0.2, 0.25) is 0 Å². The molecular weight excluding hydrogens is 448 g/mol. The standard InChI is InChI=1S/C27H34N2O6/c1-27(2)6-5-17-18-13-24(35-10-4-7-28-8-11-34-12-9-28)23(33-3)14-19(18)21-15-22(30)20(26(31)32)16-29(21)25(17)27/h13-17,25H,4-12H2,1-3H3,(H,31,32)/t17-,25+/m1/s1. The summed E-state index contributed by atoms with van der Waals surface area (Å²) in [6.45, 7) is 9.50. The molecule has 1 aromatic carbocycles. The molecule has 2 atom stereocenters. The highest BCUT2D eigenvalue weighted by atomic mass is 16.5. The molecule has 3 heterocycles. The number of carboxylic acid groups (broad SMARTS) is 1. The molecule has 2 aliphatic heterocycles. The van der Waals surface area contributed by atoms with Crippen molar-refractivity contribution in [2.24, 2.45) is 5.41 Å². The van der Waals surface area contributed by atoms with Crippen LogP contribution >= 0.6 is 0 Å². The molecule has 3 aliphatic rings. The minimum absolute atomic E-state index is 0.0406. The topological polar surface area (TPSA) is 90.2 Å². The molecule has 0 radical (unpaired) electrons. The molecule has 0 unspecified atom stereocenters. The third-order valence-corrected chi connectivity index (χ3v) is 7.88. The van der Waals surface area contributed by atoms with Crippen LogP contribution < -0.4 is 14.9 Å². The van der Waals surface area contributed by atoms with Crippen molar-refractivity contribution >= 4 is 5.97 Å². The van der Waals surface area contributed by atoms with Gasteiger partial charge in [0, 0.05) is 49.4 Å². The Kier molecular flexibility index (Phi) is 6.36. The monoisotopic (exact) mass is 482 g/mol. The van der Waals surface area contributed by atoms with Gasteiger partial charge in [0.15, 0.2) is 16.9 Å². The summed E-state index contributed by atoms with van der Waals surface area (Å²) in [7, 11) is 1.62. The third-order valence-electron chi connectivity index (χ3n) is 7.88. The smallest absolute Gasteiger partial charge is 0.341 e. The minimum atomic E-state index is -1.19. The molecule has 1 saturated heterocycles. The van der Waals surface area contributed by atoms with Gasteiger partial charge in [-0.25, -0.2) is 4.79 Å². The number of methoxy groups -OCH3 is 1. The number of fused-ring (bicyclic) bond motifs is 6. The van der Waals surface area contributed by atoms with Gasteiger partial charge in [-0.1, -0.05) is 13.8 Å². The predicted octanol–water partition coefficient (Wildman–Crippen LogP) is 3.78. The molecule has 0 bridgehead atoms. The van der Waals surface area contributed by atoms with Gasteiger partial charge in [0.05, 0.1) is 32.6 Å². The van der Waals surface area contributed by atoms with Crippen LogP contribution in [0.2, 0.25) is 0 Å². The second-order valence-electron chi connectivity index (χ2n) is 10.5. The van der Waals surface area contributed by atoms with Crippen LogP contribution in [0.5, 0.6) is 11.5 Å². The number of hydrogen-bond acceptors (Lipinski definition) is 6. The van der Waals surface area contributed by atoms with Crippen molar-refractivity contribution in [3.8, 4) is 22.8 Å². The van der Waals surface area contributed by atoms with Crippen molar-refractivity contribution in [1.29, 1.82) is 0 Å². The number of nitrogens with zero attached hydrogens (tertiary/aromatic N) is 2. The van der Waals surface area contributed by atoms with Gasteiger partial charge < -0.3 is 23.9 Å². The van der Waals surface area contributed by atoms with Gasteiger partial charge in [-0.3, -0.25) is 9.69 Å². The van der Waals surface area contributed by atoms with Crippen molar-refractivity contribution in [3.05, 3.63) is 45.7 Å². The Balaban J connectivity index is 1.49. The maximum absolute atomic E-state index is 12.7. The number of morpholine rings is 1. The van der Waals surface area contributed by atoms with Crippen molar-refractivity contribution in [1.82, 2.24) is 9.47 Å². The molecule has 35 heavy (non-hydrogen) atoms. The quantitative estimate of drug-likeness (QED) is 0.601. The van der Waals surface area contributed by atoms with E-state index in [0.717, 1.165) is 74.7 Å². The van der Waals surface area contributed by atoms with Gasteiger partial charge in [0.25, 0.3) is 0 Å². The third kappa shape index (κ3) is 4.34. The lowest BCUT2D eigenvalue weighted by Gasteiger charge is -2.40. The maximum Gasteiger partial charge on any atom is 0.341 e. The van der Waals surface area contributed by atoms with E-state index in [1.807, 2.05) is 10.6 Å². The molecular formula is C27H34N2O6. The zero-order valence-electron chi connectivity index (χ0n) is 20.7. The second kappa shape index (κ2) is 9.32. The molecule has 0 spiro atoms. The highest BCUT2D eigenvalue weighted by molar-refractivity contribution is 5.88. The van der Waals surface area contributed by atoms with E-state index in [2.05, 4.69) is 24.8 Å². The molecule has 5 rings (SSSR count). The first-order valence-corrected chi connectivity index (χ1v) is 12.4. The van der Waals surface area contributed by atoms with Crippen LogP contribution in [0, 0.1) is 5.41 Å². The molecule has 0 amide bonds. The van der Waals surface area contributed by atoms with Crippen molar-refractivity contribution in [2.75, 3.05) is 46.6 Å². The van der Waals surface area contributed by atoms with E-state index in [1.54, 1.807) is 7.11 Å². The summed E-state index contributed by atoms with van der Waals surface area (Å²) in [4.78, 5) is 26.8. The van der Waals surface area contributed by atoms with Gasteiger partial charge in [-0.05, 0) is 42.4 Å². The number of aromatic carboxylic acids is 1. The van der Waals surface area contributed by atoms with Crippen molar-refractivity contribution in [3.63, 3.8) is 0 Å². The van der Waals surface area contributed by atoms with Crippen LogP contribution in [0.3, 0.4) is 0 Å². The summed E-state index contributed by atoms with van der Waals surface area (Å²) < 4.78 is 19.3. The van der Waals surface area contributed by atoms with E-state index in [4.69, 9.17) is 14.2 Å². The Morgan fingerprint density at radius 1 is 1.20 bits per heavy atom. The Hall–Kier alpha value is -2.84. The molecule has 2 aromatic rings. The summed E-state index contributed by atoms with van der Waals surface area (Å²) >= 11 is 0. The normalized spacial score (nSPS) is 22.7.